The molecule has 0 amide bonds. The lowest BCUT2D eigenvalue weighted by atomic mass is 9.93. The highest BCUT2D eigenvalue weighted by Gasteiger charge is 2.26. The van der Waals surface area contributed by atoms with Crippen LogP contribution in [0.3, 0.4) is 0 Å². The predicted octanol–water partition coefficient (Wildman–Crippen LogP) is 6.76. The Hall–Kier alpha value is -5.29. The van der Waals surface area contributed by atoms with Gasteiger partial charge in [0, 0.05) is 18.2 Å². The Bertz CT molecular complexity index is 1790. The van der Waals surface area contributed by atoms with E-state index in [1.54, 1.807) is 0 Å². The molecular weight excluding hydrogens is 478 g/mol. The molecule has 1 aromatic heterocycles. The van der Waals surface area contributed by atoms with E-state index in [1.807, 2.05) is 85.2 Å². The highest BCUT2D eigenvalue weighted by molar-refractivity contribution is 6.22. The van der Waals surface area contributed by atoms with Gasteiger partial charge in [0.1, 0.15) is 0 Å². The molecule has 5 nitrogen and oxygen atoms in total. The fraction of sp³-hybridized carbons (Fsp3) is 0.0294. The third kappa shape index (κ3) is 4.62. The number of fused-ring (bicyclic) bond motifs is 4. The van der Waals surface area contributed by atoms with Crippen molar-refractivity contribution in [1.82, 2.24) is 4.98 Å². The monoisotopic (exact) mass is 501 g/mol. The van der Waals surface area contributed by atoms with Crippen molar-refractivity contribution < 1.29 is 0 Å². The molecule has 0 atom stereocenters. The molecule has 5 aliphatic rings. The first kappa shape index (κ1) is 22.9. The molecule has 39 heavy (non-hydrogen) atoms. The van der Waals surface area contributed by atoms with E-state index in [0.717, 1.165) is 68.0 Å². The van der Waals surface area contributed by atoms with Crippen LogP contribution in [-0.2, 0) is 6.42 Å². The van der Waals surface area contributed by atoms with Gasteiger partial charge in [-0.15, -0.1) is 0 Å². The highest BCUT2D eigenvalue weighted by atomic mass is 14.9. The minimum atomic E-state index is 0.698. The highest BCUT2D eigenvalue weighted by Crippen LogP contribution is 2.36. The second-order valence-electron chi connectivity index (χ2n) is 9.54. The second-order valence-corrected chi connectivity index (χ2v) is 9.54. The Labute approximate surface area is 226 Å². The standard InChI is InChI=1S/C34H23N5/c1-2-22-6-8-23(9-7-22)17-30-32-20-28-14-12-26(37-28)18-24-10-11-25(36-24)19-27-13-15-29(38-27)21-33(39-32)34(30)31-5-3-4-16-35-31/h2-16,18-21H,1,17H2. The van der Waals surface area contributed by atoms with Crippen molar-refractivity contribution in [3.05, 3.63) is 161 Å². The smallest absolute Gasteiger partial charge is 0.0756 e. The molecule has 0 fully saturated rings. The Morgan fingerprint density at radius 1 is 0.641 bits per heavy atom. The van der Waals surface area contributed by atoms with Crippen molar-refractivity contribution in [3.63, 3.8) is 0 Å². The summed E-state index contributed by atoms with van der Waals surface area (Å²) in [5.74, 6) is 0. The van der Waals surface area contributed by atoms with Crippen LogP contribution in [0, 0.1) is 0 Å². The number of benzene rings is 1. The van der Waals surface area contributed by atoms with Crippen molar-refractivity contribution in [2.75, 3.05) is 0 Å². The lowest BCUT2D eigenvalue weighted by molar-refractivity contribution is 1.21. The number of pyridine rings is 1. The lowest BCUT2D eigenvalue weighted by Gasteiger charge is -2.10. The molecule has 0 unspecified atom stereocenters. The fourth-order valence-corrected chi connectivity index (χ4v) is 4.96. The maximum atomic E-state index is 5.14. The quantitative estimate of drug-likeness (QED) is 0.457. The lowest BCUT2D eigenvalue weighted by Crippen LogP contribution is -2.03. The molecule has 6 heterocycles. The average molecular weight is 502 g/mol. The van der Waals surface area contributed by atoms with Gasteiger partial charge in [-0.2, -0.15) is 0 Å². The van der Waals surface area contributed by atoms with E-state index in [1.165, 1.54) is 5.56 Å². The van der Waals surface area contributed by atoms with Crippen LogP contribution in [0.1, 0.15) is 16.8 Å². The minimum Gasteiger partial charge on any atom is -0.256 e. The van der Waals surface area contributed by atoms with Gasteiger partial charge in [0.15, 0.2) is 0 Å². The van der Waals surface area contributed by atoms with Crippen molar-refractivity contribution >= 4 is 34.5 Å². The summed E-state index contributed by atoms with van der Waals surface area (Å²) in [7, 11) is 0. The molecule has 7 rings (SSSR count). The van der Waals surface area contributed by atoms with E-state index < -0.39 is 0 Å². The van der Waals surface area contributed by atoms with Crippen LogP contribution in [0.25, 0.3) is 11.6 Å². The minimum absolute atomic E-state index is 0.698. The molecule has 5 heteroatoms. The number of nitrogens with zero attached hydrogens (tertiary/aromatic N) is 5. The zero-order valence-electron chi connectivity index (χ0n) is 21.1. The molecule has 184 valence electrons. The number of aliphatic imine (C=N–C) groups is 4. The van der Waals surface area contributed by atoms with Crippen LogP contribution >= 0.6 is 0 Å². The summed E-state index contributed by atoms with van der Waals surface area (Å²) >= 11 is 0. The number of rotatable bonds is 4. The van der Waals surface area contributed by atoms with Crippen LogP contribution in [0.5, 0.6) is 0 Å². The molecule has 0 spiro atoms. The molecule has 8 bridgehead atoms. The van der Waals surface area contributed by atoms with Crippen LogP contribution in [-0.4, -0.2) is 27.8 Å². The first-order chi connectivity index (χ1) is 19.2. The van der Waals surface area contributed by atoms with E-state index in [4.69, 9.17) is 25.0 Å². The topological polar surface area (TPSA) is 62.3 Å². The number of hydrogen-bond acceptors (Lipinski definition) is 5. The Morgan fingerprint density at radius 3 is 1.90 bits per heavy atom. The maximum Gasteiger partial charge on any atom is 0.0756 e. The van der Waals surface area contributed by atoms with E-state index >= 15 is 0 Å². The molecular formula is C34H23N5. The van der Waals surface area contributed by atoms with Crippen molar-refractivity contribution in [2.45, 2.75) is 6.42 Å². The van der Waals surface area contributed by atoms with Gasteiger partial charge in [-0.3, -0.25) is 4.98 Å². The first-order valence-corrected chi connectivity index (χ1v) is 12.8. The maximum absolute atomic E-state index is 5.14. The first-order valence-electron chi connectivity index (χ1n) is 12.8. The average Bonchev–Trinajstić information content (AvgIpc) is 3.75. The number of hydrogen-bond donors (Lipinski definition) is 0. The molecule has 0 saturated carbocycles. The zero-order valence-corrected chi connectivity index (χ0v) is 21.1. The van der Waals surface area contributed by atoms with Gasteiger partial charge < -0.3 is 0 Å². The molecule has 2 aromatic rings. The largest absolute Gasteiger partial charge is 0.256 e. The molecule has 0 aliphatic carbocycles. The van der Waals surface area contributed by atoms with Crippen molar-refractivity contribution in [2.24, 2.45) is 20.0 Å². The van der Waals surface area contributed by atoms with Crippen LogP contribution < -0.4 is 0 Å². The predicted molar refractivity (Wildman–Crippen MR) is 161 cm³/mol. The summed E-state index contributed by atoms with van der Waals surface area (Å²) in [5, 5.41) is 0. The van der Waals surface area contributed by atoms with Gasteiger partial charge in [-0.05, 0) is 89.6 Å². The van der Waals surface area contributed by atoms with E-state index in [0.29, 0.717) is 6.42 Å². The van der Waals surface area contributed by atoms with Crippen molar-refractivity contribution in [3.8, 4) is 0 Å². The van der Waals surface area contributed by atoms with Gasteiger partial charge in [0.05, 0.1) is 51.3 Å². The van der Waals surface area contributed by atoms with Gasteiger partial charge in [-0.25, -0.2) is 20.0 Å². The Morgan fingerprint density at radius 2 is 1.28 bits per heavy atom. The normalized spacial score (nSPS) is 18.8. The van der Waals surface area contributed by atoms with Crippen LogP contribution in [0.4, 0.5) is 0 Å². The summed E-state index contributed by atoms with van der Waals surface area (Å²) in [6.45, 7) is 3.88. The Balaban J connectivity index is 1.42. The molecule has 0 N–H and O–H groups in total. The molecule has 5 aliphatic heterocycles. The van der Waals surface area contributed by atoms with Crippen molar-refractivity contribution in [1.29, 1.82) is 0 Å². The Kier molecular flexibility index (Phi) is 5.60. The third-order valence-corrected chi connectivity index (χ3v) is 6.84. The number of allylic oxidation sites excluding steroid dienone is 12. The van der Waals surface area contributed by atoms with Gasteiger partial charge in [-0.1, -0.05) is 43.0 Å². The number of aromatic nitrogens is 1. The van der Waals surface area contributed by atoms with Crippen LogP contribution in [0.2, 0.25) is 0 Å². The van der Waals surface area contributed by atoms with Gasteiger partial charge >= 0.3 is 0 Å². The zero-order chi connectivity index (χ0) is 26.2. The molecule has 0 saturated heterocycles. The summed E-state index contributed by atoms with van der Waals surface area (Å²) in [6.07, 6.45) is 24.5. The van der Waals surface area contributed by atoms with E-state index in [9.17, 15) is 0 Å². The summed E-state index contributed by atoms with van der Waals surface area (Å²) in [5.41, 5.74) is 12.1. The fourth-order valence-electron chi connectivity index (χ4n) is 4.96. The van der Waals surface area contributed by atoms with E-state index in [-0.39, 0.29) is 0 Å². The van der Waals surface area contributed by atoms with Crippen LogP contribution in [0.15, 0.2) is 164 Å². The summed E-state index contributed by atoms with van der Waals surface area (Å²) < 4.78 is 0. The van der Waals surface area contributed by atoms with Gasteiger partial charge in [0.2, 0.25) is 0 Å². The SMILES string of the molecule is C=Cc1ccc(CC2=C(c3ccccn3)C3=CC4=NC(=CC5=NC(=CC6=NC(=CC2=N3)C=C6)C=C5)C=C4)cc1. The summed E-state index contributed by atoms with van der Waals surface area (Å²) in [4.78, 5) is 24.3. The molecule has 1 aromatic carbocycles. The molecule has 0 radical (unpaired) electrons. The summed E-state index contributed by atoms with van der Waals surface area (Å²) in [6, 6.07) is 14.4. The van der Waals surface area contributed by atoms with E-state index in [2.05, 4.69) is 36.9 Å². The second kappa shape index (κ2) is 9.54. The van der Waals surface area contributed by atoms with Gasteiger partial charge in [0.25, 0.3) is 0 Å². The third-order valence-electron chi connectivity index (χ3n) is 6.84.